The second kappa shape index (κ2) is 13.1. The minimum absolute atomic E-state index is 0. The molecule has 1 aliphatic rings. The van der Waals surface area contributed by atoms with Crippen molar-refractivity contribution in [3.8, 4) is 0 Å². The number of morpholine rings is 1. The van der Waals surface area contributed by atoms with Crippen molar-refractivity contribution in [2.45, 2.75) is 25.8 Å². The van der Waals surface area contributed by atoms with E-state index in [2.05, 4.69) is 15.2 Å². The van der Waals surface area contributed by atoms with Crippen LogP contribution in [0.1, 0.15) is 19.3 Å². The molecular weight excluding hydrogens is 433 g/mol. The monoisotopic (exact) mass is 463 g/mol. The second-order valence-electron chi connectivity index (χ2n) is 5.94. The van der Waals surface area contributed by atoms with Gasteiger partial charge in [0.05, 0.1) is 13.2 Å². The molecule has 2 rings (SSSR count). The molecule has 0 spiro atoms. The van der Waals surface area contributed by atoms with Crippen LogP contribution in [0.3, 0.4) is 0 Å². The van der Waals surface area contributed by atoms with E-state index < -0.39 is 0 Å². The van der Waals surface area contributed by atoms with Gasteiger partial charge in [-0.1, -0.05) is 6.07 Å². The summed E-state index contributed by atoms with van der Waals surface area (Å²) in [5, 5.41) is 3.13. The third-order valence-electron chi connectivity index (χ3n) is 4.05. The number of hydrogen-bond acceptors (Lipinski definition) is 4. The number of pyridine rings is 1. The predicted molar refractivity (Wildman–Crippen MR) is 112 cm³/mol. The van der Waals surface area contributed by atoms with E-state index in [-0.39, 0.29) is 29.5 Å². The van der Waals surface area contributed by atoms with Crippen molar-refractivity contribution in [1.82, 2.24) is 14.8 Å². The SMILES string of the molecule is I.NC(=NCCCN1CCOCC1)NCCCCn1ccccc1=O. The van der Waals surface area contributed by atoms with Gasteiger partial charge in [-0.3, -0.25) is 14.7 Å². The predicted octanol–water partition coefficient (Wildman–Crippen LogP) is 0.873. The fourth-order valence-corrected chi connectivity index (χ4v) is 2.64. The molecule has 1 fully saturated rings. The Morgan fingerprint density at radius 1 is 1.20 bits per heavy atom. The average molecular weight is 463 g/mol. The molecule has 0 aromatic carbocycles. The number of nitrogens with one attached hydrogen (secondary N) is 1. The normalized spacial score (nSPS) is 15.6. The zero-order valence-corrected chi connectivity index (χ0v) is 17.1. The van der Waals surface area contributed by atoms with Crippen molar-refractivity contribution >= 4 is 29.9 Å². The smallest absolute Gasteiger partial charge is 0.250 e. The second-order valence-corrected chi connectivity index (χ2v) is 5.94. The van der Waals surface area contributed by atoms with Gasteiger partial charge < -0.3 is 20.4 Å². The minimum Gasteiger partial charge on any atom is -0.379 e. The highest BCUT2D eigenvalue weighted by Crippen LogP contribution is 1.98. The summed E-state index contributed by atoms with van der Waals surface area (Å²) < 4.78 is 7.05. The molecule has 0 atom stereocenters. The first kappa shape index (κ1) is 21.9. The number of unbranched alkanes of at least 4 members (excludes halogenated alkanes) is 1. The van der Waals surface area contributed by atoms with Gasteiger partial charge in [-0.25, -0.2) is 0 Å². The summed E-state index contributed by atoms with van der Waals surface area (Å²) in [6.07, 6.45) is 4.71. The molecule has 1 aliphatic heterocycles. The van der Waals surface area contributed by atoms with Gasteiger partial charge in [0.25, 0.3) is 0 Å². The first-order valence-electron chi connectivity index (χ1n) is 8.75. The van der Waals surface area contributed by atoms with Crippen molar-refractivity contribution < 1.29 is 4.74 Å². The molecule has 3 N–H and O–H groups in total. The molecule has 1 aromatic rings. The summed E-state index contributed by atoms with van der Waals surface area (Å²) >= 11 is 0. The number of nitrogens with two attached hydrogens (primary N) is 1. The average Bonchev–Trinajstić information content (AvgIpc) is 2.61. The maximum atomic E-state index is 11.6. The summed E-state index contributed by atoms with van der Waals surface area (Å²) in [5.74, 6) is 0.508. The van der Waals surface area contributed by atoms with Crippen LogP contribution in [0.4, 0.5) is 0 Å². The van der Waals surface area contributed by atoms with Crippen molar-refractivity contribution in [3.63, 3.8) is 0 Å². The molecule has 2 heterocycles. The fourth-order valence-electron chi connectivity index (χ4n) is 2.64. The van der Waals surface area contributed by atoms with Crippen LogP contribution in [-0.4, -0.2) is 61.4 Å². The van der Waals surface area contributed by atoms with Crippen molar-refractivity contribution in [2.24, 2.45) is 10.7 Å². The van der Waals surface area contributed by atoms with E-state index >= 15 is 0 Å². The van der Waals surface area contributed by atoms with E-state index in [0.717, 1.165) is 71.7 Å². The van der Waals surface area contributed by atoms with Gasteiger partial charge in [0.1, 0.15) is 0 Å². The number of aromatic nitrogens is 1. The number of halogens is 1. The van der Waals surface area contributed by atoms with E-state index in [9.17, 15) is 4.79 Å². The number of hydrogen-bond donors (Lipinski definition) is 2. The number of ether oxygens (including phenoxy) is 1. The van der Waals surface area contributed by atoms with Gasteiger partial charge in [-0.05, 0) is 25.3 Å². The van der Waals surface area contributed by atoms with Crippen LogP contribution in [0.5, 0.6) is 0 Å². The van der Waals surface area contributed by atoms with Crippen LogP contribution >= 0.6 is 24.0 Å². The molecule has 0 bridgehead atoms. The molecular formula is C17H30IN5O2. The van der Waals surface area contributed by atoms with Crippen molar-refractivity contribution in [2.75, 3.05) is 45.9 Å². The highest BCUT2D eigenvalue weighted by Gasteiger charge is 2.08. The van der Waals surface area contributed by atoms with E-state index in [1.165, 1.54) is 0 Å². The van der Waals surface area contributed by atoms with E-state index in [0.29, 0.717) is 5.96 Å². The van der Waals surface area contributed by atoms with Gasteiger partial charge in [0.2, 0.25) is 5.56 Å². The molecule has 1 saturated heterocycles. The summed E-state index contributed by atoms with van der Waals surface area (Å²) in [4.78, 5) is 18.3. The third kappa shape index (κ3) is 9.22. The van der Waals surface area contributed by atoms with E-state index in [1.54, 1.807) is 16.7 Å². The molecule has 8 heteroatoms. The topological polar surface area (TPSA) is 84.9 Å². The van der Waals surface area contributed by atoms with Crippen LogP contribution in [-0.2, 0) is 11.3 Å². The van der Waals surface area contributed by atoms with Crippen molar-refractivity contribution in [1.29, 1.82) is 0 Å². The molecule has 0 unspecified atom stereocenters. The van der Waals surface area contributed by atoms with Crippen LogP contribution < -0.4 is 16.6 Å². The minimum atomic E-state index is 0. The van der Waals surface area contributed by atoms with Gasteiger partial charge in [0, 0.05) is 51.5 Å². The number of rotatable bonds is 9. The Bertz CT molecular complexity index is 558. The molecule has 1 aromatic heterocycles. The van der Waals surface area contributed by atoms with Gasteiger partial charge in [-0.15, -0.1) is 24.0 Å². The van der Waals surface area contributed by atoms with E-state index in [1.807, 2.05) is 12.3 Å². The number of guanidine groups is 1. The lowest BCUT2D eigenvalue weighted by Gasteiger charge is -2.26. The molecule has 0 aliphatic carbocycles. The van der Waals surface area contributed by atoms with Gasteiger partial charge >= 0.3 is 0 Å². The summed E-state index contributed by atoms with van der Waals surface area (Å²) in [7, 11) is 0. The maximum Gasteiger partial charge on any atom is 0.250 e. The molecule has 0 amide bonds. The Morgan fingerprint density at radius 2 is 2.00 bits per heavy atom. The summed E-state index contributed by atoms with van der Waals surface area (Å²) in [5.41, 5.74) is 5.91. The number of nitrogens with zero attached hydrogens (tertiary/aromatic N) is 3. The van der Waals surface area contributed by atoms with Gasteiger partial charge in [0.15, 0.2) is 5.96 Å². The molecule has 7 nitrogen and oxygen atoms in total. The zero-order chi connectivity index (χ0) is 17.0. The Balaban J connectivity index is 0.00000312. The first-order chi connectivity index (χ1) is 11.8. The van der Waals surface area contributed by atoms with Crippen LogP contribution in [0.15, 0.2) is 34.2 Å². The highest BCUT2D eigenvalue weighted by molar-refractivity contribution is 14.0. The highest BCUT2D eigenvalue weighted by atomic mass is 127. The van der Waals surface area contributed by atoms with Gasteiger partial charge in [-0.2, -0.15) is 0 Å². The summed E-state index contributed by atoms with van der Waals surface area (Å²) in [6, 6.07) is 5.22. The Morgan fingerprint density at radius 3 is 2.76 bits per heavy atom. The molecule has 0 radical (unpaired) electrons. The maximum absolute atomic E-state index is 11.6. The lowest BCUT2D eigenvalue weighted by Crippen LogP contribution is -2.37. The first-order valence-corrected chi connectivity index (χ1v) is 8.75. The van der Waals surface area contributed by atoms with Crippen LogP contribution in [0, 0.1) is 0 Å². The Hall–Kier alpha value is -1.13. The lowest BCUT2D eigenvalue weighted by atomic mass is 10.3. The largest absolute Gasteiger partial charge is 0.379 e. The molecule has 25 heavy (non-hydrogen) atoms. The van der Waals surface area contributed by atoms with Crippen LogP contribution in [0.25, 0.3) is 0 Å². The van der Waals surface area contributed by atoms with Crippen LogP contribution in [0.2, 0.25) is 0 Å². The number of aliphatic imine (C=N–C) groups is 1. The Labute approximate surface area is 166 Å². The quantitative estimate of drug-likeness (QED) is 0.246. The van der Waals surface area contributed by atoms with Crippen molar-refractivity contribution in [3.05, 3.63) is 34.7 Å². The molecule has 0 saturated carbocycles. The number of aryl methyl sites for hydroxylation is 1. The zero-order valence-electron chi connectivity index (χ0n) is 14.7. The molecule has 142 valence electrons. The Kier molecular flexibility index (Phi) is 11.5. The fraction of sp³-hybridized carbons (Fsp3) is 0.647. The summed E-state index contributed by atoms with van der Waals surface area (Å²) in [6.45, 7) is 7.01. The lowest BCUT2D eigenvalue weighted by molar-refractivity contribution is 0.0377. The third-order valence-corrected chi connectivity index (χ3v) is 4.05. The standard InChI is InChI=1S/C17H29N5O2.HI/c18-17(20-8-5-9-21-12-14-24-15-13-21)19-7-2-4-11-22-10-3-1-6-16(22)23;/h1,3,6,10H,2,4-5,7-9,11-15H2,(H3,18,19,20);1H. The van der Waals surface area contributed by atoms with E-state index in [4.69, 9.17) is 10.5 Å².